The van der Waals surface area contributed by atoms with Gasteiger partial charge in [-0.2, -0.15) is 0 Å². The lowest BCUT2D eigenvalue weighted by Crippen LogP contribution is -2.05. The van der Waals surface area contributed by atoms with Crippen molar-refractivity contribution < 1.29 is 0 Å². The van der Waals surface area contributed by atoms with Gasteiger partial charge in [0.2, 0.25) is 0 Å². The average molecular weight is 283 g/mol. The van der Waals surface area contributed by atoms with Crippen molar-refractivity contribution in [1.82, 2.24) is 9.97 Å². The van der Waals surface area contributed by atoms with Gasteiger partial charge in [0.05, 0.1) is 5.69 Å². The maximum Gasteiger partial charge on any atom is 0.132 e. The third-order valence-electron chi connectivity index (χ3n) is 3.36. The Bertz CT molecular complexity index is 733. The molecule has 0 saturated carbocycles. The number of aromatic nitrogens is 2. The van der Waals surface area contributed by atoms with Gasteiger partial charge in [0.1, 0.15) is 12.1 Å². The van der Waals surface area contributed by atoms with Crippen molar-refractivity contribution in [3.63, 3.8) is 0 Å². The lowest BCUT2D eigenvalue weighted by molar-refractivity contribution is 0.960. The van der Waals surface area contributed by atoms with E-state index in [1.165, 1.54) is 15.6 Å². The molecule has 0 fully saturated rings. The topological polar surface area (TPSA) is 37.8 Å². The van der Waals surface area contributed by atoms with Crippen molar-refractivity contribution in [2.75, 3.05) is 11.9 Å². The quantitative estimate of drug-likeness (QED) is 0.766. The summed E-state index contributed by atoms with van der Waals surface area (Å²) in [7, 11) is 0. The van der Waals surface area contributed by atoms with Crippen LogP contribution in [0.1, 0.15) is 18.9 Å². The van der Waals surface area contributed by atoms with Crippen LogP contribution in [0.3, 0.4) is 0 Å². The molecule has 102 valence electrons. The third kappa shape index (κ3) is 2.27. The number of fused-ring (bicyclic) bond motifs is 1. The van der Waals surface area contributed by atoms with Gasteiger partial charge in [-0.15, -0.1) is 11.3 Å². The van der Waals surface area contributed by atoms with Crippen molar-refractivity contribution in [2.24, 2.45) is 0 Å². The SMILES string of the molecule is CCCNc1ncnc(-c2cccc3ccsc23)c1C. The standard InChI is InChI=1S/C16H17N3S/c1-3-8-17-16-11(2)14(18-10-19-16)13-6-4-5-12-7-9-20-15(12)13/h4-7,9-10H,3,8H2,1-2H3,(H,17,18,19). The summed E-state index contributed by atoms with van der Waals surface area (Å²) in [6.07, 6.45) is 2.73. The summed E-state index contributed by atoms with van der Waals surface area (Å²) in [5, 5.41) is 6.76. The van der Waals surface area contributed by atoms with Gasteiger partial charge in [-0.05, 0) is 30.2 Å². The van der Waals surface area contributed by atoms with E-state index in [4.69, 9.17) is 0 Å². The largest absolute Gasteiger partial charge is 0.370 e. The molecule has 0 bridgehead atoms. The Kier molecular flexibility index (Phi) is 3.65. The molecule has 0 amide bonds. The molecule has 1 N–H and O–H groups in total. The molecule has 4 heteroatoms. The van der Waals surface area contributed by atoms with Crippen LogP contribution in [-0.4, -0.2) is 16.5 Å². The number of thiophene rings is 1. The van der Waals surface area contributed by atoms with Gasteiger partial charge in [-0.3, -0.25) is 0 Å². The molecule has 20 heavy (non-hydrogen) atoms. The first-order valence-corrected chi connectivity index (χ1v) is 7.71. The van der Waals surface area contributed by atoms with Crippen molar-refractivity contribution in [1.29, 1.82) is 0 Å². The van der Waals surface area contributed by atoms with Crippen molar-refractivity contribution in [2.45, 2.75) is 20.3 Å². The molecule has 1 aromatic carbocycles. The number of nitrogens with zero attached hydrogens (tertiary/aromatic N) is 2. The third-order valence-corrected chi connectivity index (χ3v) is 4.32. The maximum atomic E-state index is 4.50. The lowest BCUT2D eigenvalue weighted by Gasteiger charge is -2.11. The first kappa shape index (κ1) is 13.1. The van der Waals surface area contributed by atoms with Crippen LogP contribution in [0.5, 0.6) is 0 Å². The minimum Gasteiger partial charge on any atom is -0.370 e. The lowest BCUT2D eigenvalue weighted by atomic mass is 10.1. The molecule has 0 radical (unpaired) electrons. The second-order valence-corrected chi connectivity index (χ2v) is 5.68. The van der Waals surface area contributed by atoms with E-state index in [0.29, 0.717) is 0 Å². The van der Waals surface area contributed by atoms with Crippen molar-refractivity contribution in [3.8, 4) is 11.3 Å². The second kappa shape index (κ2) is 5.59. The number of nitrogens with one attached hydrogen (secondary N) is 1. The summed E-state index contributed by atoms with van der Waals surface area (Å²) in [4.78, 5) is 8.85. The molecule has 0 aliphatic carbocycles. The smallest absolute Gasteiger partial charge is 0.132 e. The van der Waals surface area contributed by atoms with E-state index < -0.39 is 0 Å². The summed E-state index contributed by atoms with van der Waals surface area (Å²) in [6, 6.07) is 8.52. The Hall–Kier alpha value is -1.94. The zero-order chi connectivity index (χ0) is 13.9. The molecular weight excluding hydrogens is 266 g/mol. The Morgan fingerprint density at radius 1 is 1.20 bits per heavy atom. The molecule has 2 aromatic heterocycles. The predicted molar refractivity (Wildman–Crippen MR) is 86.4 cm³/mol. The zero-order valence-electron chi connectivity index (χ0n) is 11.7. The highest BCUT2D eigenvalue weighted by atomic mass is 32.1. The fourth-order valence-electron chi connectivity index (χ4n) is 2.32. The van der Waals surface area contributed by atoms with Crippen molar-refractivity contribution >= 4 is 27.2 Å². The number of rotatable bonds is 4. The van der Waals surface area contributed by atoms with E-state index in [2.05, 4.69) is 58.8 Å². The molecule has 2 heterocycles. The molecule has 3 nitrogen and oxygen atoms in total. The fourth-order valence-corrected chi connectivity index (χ4v) is 3.24. The summed E-state index contributed by atoms with van der Waals surface area (Å²) in [6.45, 7) is 5.16. The molecular formula is C16H17N3S. The Balaban J connectivity index is 2.12. The molecule has 0 unspecified atom stereocenters. The maximum absolute atomic E-state index is 4.50. The number of anilines is 1. The van der Waals surface area contributed by atoms with E-state index in [9.17, 15) is 0 Å². The highest BCUT2D eigenvalue weighted by Gasteiger charge is 2.12. The minimum atomic E-state index is 0.931. The Morgan fingerprint density at radius 2 is 2.10 bits per heavy atom. The highest BCUT2D eigenvalue weighted by molar-refractivity contribution is 7.17. The van der Waals surface area contributed by atoms with Crippen LogP contribution in [0.2, 0.25) is 0 Å². The van der Waals surface area contributed by atoms with Gasteiger partial charge < -0.3 is 5.32 Å². The Morgan fingerprint density at radius 3 is 2.95 bits per heavy atom. The van der Waals surface area contributed by atoms with Gasteiger partial charge in [0.15, 0.2) is 0 Å². The molecule has 0 aliphatic rings. The van der Waals surface area contributed by atoms with E-state index in [1.54, 1.807) is 17.7 Å². The molecule has 3 aromatic rings. The predicted octanol–water partition coefficient (Wildman–Crippen LogP) is 4.49. The van der Waals surface area contributed by atoms with Gasteiger partial charge >= 0.3 is 0 Å². The second-order valence-electron chi connectivity index (χ2n) is 4.77. The van der Waals surface area contributed by atoms with Crippen LogP contribution in [0, 0.1) is 6.92 Å². The summed E-state index contributed by atoms with van der Waals surface area (Å²) in [5.41, 5.74) is 3.32. The highest BCUT2D eigenvalue weighted by Crippen LogP contribution is 2.34. The van der Waals surface area contributed by atoms with E-state index in [1.807, 2.05) is 0 Å². The van der Waals surface area contributed by atoms with Crippen LogP contribution in [0.25, 0.3) is 21.3 Å². The summed E-state index contributed by atoms with van der Waals surface area (Å²) >= 11 is 1.76. The molecule has 0 saturated heterocycles. The molecule has 0 spiro atoms. The van der Waals surface area contributed by atoms with Gasteiger partial charge in [0, 0.05) is 22.4 Å². The van der Waals surface area contributed by atoms with Gasteiger partial charge in [-0.1, -0.05) is 25.1 Å². The van der Waals surface area contributed by atoms with Crippen LogP contribution in [0.4, 0.5) is 5.82 Å². The van der Waals surface area contributed by atoms with Crippen LogP contribution in [-0.2, 0) is 0 Å². The van der Waals surface area contributed by atoms with Gasteiger partial charge in [0.25, 0.3) is 0 Å². The molecule has 0 atom stereocenters. The van der Waals surface area contributed by atoms with Crippen LogP contribution in [0.15, 0.2) is 36.0 Å². The minimum absolute atomic E-state index is 0.931. The van der Waals surface area contributed by atoms with E-state index >= 15 is 0 Å². The summed E-state index contributed by atoms with van der Waals surface area (Å²) in [5.74, 6) is 0.936. The molecule has 3 rings (SSSR count). The number of hydrogen-bond acceptors (Lipinski definition) is 4. The van der Waals surface area contributed by atoms with Crippen LogP contribution < -0.4 is 5.32 Å². The monoisotopic (exact) mass is 283 g/mol. The number of hydrogen-bond donors (Lipinski definition) is 1. The van der Waals surface area contributed by atoms with Crippen LogP contribution >= 0.6 is 11.3 Å². The van der Waals surface area contributed by atoms with E-state index in [0.717, 1.165) is 30.0 Å². The fraction of sp³-hybridized carbons (Fsp3) is 0.250. The van der Waals surface area contributed by atoms with Gasteiger partial charge in [-0.25, -0.2) is 9.97 Å². The first-order valence-electron chi connectivity index (χ1n) is 6.83. The average Bonchev–Trinajstić information content (AvgIpc) is 2.95. The van der Waals surface area contributed by atoms with E-state index in [-0.39, 0.29) is 0 Å². The first-order chi connectivity index (χ1) is 9.81. The normalized spacial score (nSPS) is 10.9. The van der Waals surface area contributed by atoms with Crippen molar-refractivity contribution in [3.05, 3.63) is 41.5 Å². The molecule has 0 aliphatic heterocycles. The summed E-state index contributed by atoms with van der Waals surface area (Å²) < 4.78 is 1.29. The Labute approximate surface area is 122 Å². The zero-order valence-corrected chi connectivity index (χ0v) is 12.5. The number of benzene rings is 1.